The highest BCUT2D eigenvalue weighted by atomic mass is 15.3. The lowest BCUT2D eigenvalue weighted by molar-refractivity contribution is 0.783. The average molecular weight is 833 g/mol. The predicted octanol–water partition coefficient (Wildman–Crippen LogP) is 14.1. The number of para-hydroxylation sites is 4. The first-order valence-electron chi connectivity index (χ1n) is 22.2. The smallest absolute Gasteiger partial charge is 0.160 e. The lowest BCUT2D eigenvalue weighted by atomic mass is 9.93. The van der Waals surface area contributed by atoms with E-state index in [2.05, 4.69) is 208 Å². The monoisotopic (exact) mass is 832 g/mol. The molecule has 4 aromatic heterocycles. The lowest BCUT2D eigenvalue weighted by Gasteiger charge is -2.19. The Balaban J connectivity index is 0.938. The third kappa shape index (κ3) is 6.06. The quantitative estimate of drug-likeness (QED) is 0.161. The van der Waals surface area contributed by atoms with Crippen molar-refractivity contribution in [2.75, 3.05) is 0 Å². The normalized spacial score (nSPS) is 12.2. The van der Waals surface area contributed by atoms with Gasteiger partial charge >= 0.3 is 0 Å². The second-order valence-electron chi connectivity index (χ2n) is 16.8. The summed E-state index contributed by atoms with van der Waals surface area (Å²) >= 11 is 0. The number of nitrogens with zero attached hydrogens (tertiary/aromatic N) is 6. The van der Waals surface area contributed by atoms with E-state index in [1.165, 1.54) is 55.3 Å². The van der Waals surface area contributed by atoms with Crippen LogP contribution in [0.4, 0.5) is 0 Å². The molecular weight excluding hydrogens is 793 g/mol. The molecule has 0 saturated heterocycles. The van der Waals surface area contributed by atoms with Crippen molar-refractivity contribution in [2.24, 2.45) is 0 Å². The van der Waals surface area contributed by atoms with Crippen LogP contribution >= 0.6 is 0 Å². The minimum atomic E-state index is 0.695. The van der Waals surface area contributed by atoms with Crippen molar-refractivity contribution in [1.29, 1.82) is 0 Å². The van der Waals surface area contributed by atoms with Gasteiger partial charge in [0.15, 0.2) is 5.82 Å². The van der Waals surface area contributed by atoms with E-state index < -0.39 is 0 Å². The molecule has 12 aromatic rings. The Kier molecular flexibility index (Phi) is 8.56. The first kappa shape index (κ1) is 37.0. The van der Waals surface area contributed by atoms with Crippen LogP contribution in [0.1, 0.15) is 11.3 Å². The standard InChI is InChI=1S/C59H40N6/c1-4-15-39(16-5-1)40-27-29-41(30-28-40)51-37-52(62-59(61-51)43-17-6-2-7-18-43)42-31-33-45(34-32-42)64-54-25-13-10-21-46(54)48-23-14-26-56(58(48)64)65-55-36-35-49-47-22-11-12-24-53(47)63(44-19-8-3-9-20-44)57(49)50(55)38-60-65/h1-34,37-38H,35-36H2. The molecule has 0 fully saturated rings. The van der Waals surface area contributed by atoms with Gasteiger partial charge in [0.05, 0.1) is 51.2 Å². The summed E-state index contributed by atoms with van der Waals surface area (Å²) in [5, 5.41) is 8.94. The molecule has 13 rings (SSSR count). The molecule has 0 bridgehead atoms. The molecular formula is C59H40N6. The molecule has 0 N–H and O–H groups in total. The Morgan fingerprint density at radius 1 is 0.400 bits per heavy atom. The van der Waals surface area contributed by atoms with Crippen molar-refractivity contribution in [2.45, 2.75) is 12.8 Å². The Morgan fingerprint density at radius 2 is 0.938 bits per heavy atom. The van der Waals surface area contributed by atoms with E-state index in [-0.39, 0.29) is 0 Å². The number of hydrogen-bond acceptors (Lipinski definition) is 3. The number of aromatic nitrogens is 6. The van der Waals surface area contributed by atoms with Crippen molar-refractivity contribution in [3.63, 3.8) is 0 Å². The molecule has 0 aliphatic heterocycles. The van der Waals surface area contributed by atoms with E-state index in [9.17, 15) is 0 Å². The van der Waals surface area contributed by atoms with Gasteiger partial charge in [-0.15, -0.1) is 0 Å². The van der Waals surface area contributed by atoms with Crippen molar-refractivity contribution in [3.8, 4) is 73.3 Å². The molecule has 0 radical (unpaired) electrons. The maximum absolute atomic E-state index is 5.24. The molecule has 8 aromatic carbocycles. The van der Waals surface area contributed by atoms with Crippen molar-refractivity contribution >= 4 is 32.7 Å². The van der Waals surface area contributed by atoms with E-state index in [1.54, 1.807) is 0 Å². The Morgan fingerprint density at radius 3 is 1.65 bits per heavy atom. The van der Waals surface area contributed by atoms with Crippen LogP contribution in [0.3, 0.4) is 0 Å². The van der Waals surface area contributed by atoms with Gasteiger partial charge in [-0.2, -0.15) is 5.10 Å². The van der Waals surface area contributed by atoms with E-state index in [4.69, 9.17) is 15.1 Å². The van der Waals surface area contributed by atoms with Crippen LogP contribution in [0.25, 0.3) is 106 Å². The highest BCUT2D eigenvalue weighted by Crippen LogP contribution is 2.44. The van der Waals surface area contributed by atoms with E-state index in [0.717, 1.165) is 69.0 Å². The Hall–Kier alpha value is -8.61. The third-order valence-corrected chi connectivity index (χ3v) is 13.1. The van der Waals surface area contributed by atoms with Crippen LogP contribution in [0.2, 0.25) is 0 Å². The topological polar surface area (TPSA) is 53.5 Å². The fourth-order valence-corrected chi connectivity index (χ4v) is 10.1. The number of rotatable bonds is 7. The summed E-state index contributed by atoms with van der Waals surface area (Å²) in [6.07, 6.45) is 3.91. The van der Waals surface area contributed by atoms with Crippen LogP contribution in [-0.4, -0.2) is 28.9 Å². The zero-order chi connectivity index (χ0) is 42.8. The average Bonchev–Trinajstić information content (AvgIpc) is 4.08. The van der Waals surface area contributed by atoms with Gasteiger partial charge in [-0.1, -0.05) is 164 Å². The molecule has 0 unspecified atom stereocenters. The molecule has 0 saturated carbocycles. The van der Waals surface area contributed by atoms with Crippen LogP contribution in [0.5, 0.6) is 0 Å². The summed E-state index contributed by atoms with van der Waals surface area (Å²) in [6.45, 7) is 0. The molecule has 306 valence electrons. The third-order valence-electron chi connectivity index (χ3n) is 13.1. The number of benzene rings is 8. The molecule has 1 aliphatic rings. The van der Waals surface area contributed by atoms with Crippen LogP contribution < -0.4 is 0 Å². The van der Waals surface area contributed by atoms with Crippen LogP contribution in [-0.2, 0) is 12.8 Å². The van der Waals surface area contributed by atoms with Crippen LogP contribution in [0, 0.1) is 0 Å². The van der Waals surface area contributed by atoms with Gasteiger partial charge in [0.1, 0.15) is 0 Å². The van der Waals surface area contributed by atoms with Crippen molar-refractivity contribution in [1.82, 2.24) is 28.9 Å². The minimum Gasteiger partial charge on any atom is -0.309 e. The van der Waals surface area contributed by atoms with Crippen molar-refractivity contribution in [3.05, 3.63) is 230 Å². The van der Waals surface area contributed by atoms with Gasteiger partial charge in [-0.3, -0.25) is 0 Å². The second kappa shape index (κ2) is 15.0. The SMILES string of the molecule is c1ccc(-c2ccc(-c3cc(-c4ccc(-n5c6ccccc6c6cccc(-n7ncc8c7CCc7c-8n(-c8ccccc8)c8ccccc78)c65)cc4)nc(-c4ccccc4)n3)cc2)cc1. The summed E-state index contributed by atoms with van der Waals surface area (Å²) in [4.78, 5) is 10.3. The summed E-state index contributed by atoms with van der Waals surface area (Å²) in [5.74, 6) is 0.695. The summed E-state index contributed by atoms with van der Waals surface area (Å²) in [5.41, 5.74) is 18.9. The predicted molar refractivity (Wildman–Crippen MR) is 265 cm³/mol. The molecule has 0 spiro atoms. The molecule has 0 atom stereocenters. The highest BCUT2D eigenvalue weighted by Gasteiger charge is 2.29. The zero-order valence-electron chi connectivity index (χ0n) is 35.4. The largest absolute Gasteiger partial charge is 0.309 e. The van der Waals surface area contributed by atoms with Crippen molar-refractivity contribution < 1.29 is 0 Å². The molecule has 6 heteroatoms. The fraction of sp³-hybridized carbons (Fsp3) is 0.0339. The number of fused-ring (bicyclic) bond motifs is 8. The van der Waals surface area contributed by atoms with Gasteiger partial charge < -0.3 is 9.13 Å². The van der Waals surface area contributed by atoms with Gasteiger partial charge in [0.2, 0.25) is 0 Å². The molecule has 6 nitrogen and oxygen atoms in total. The summed E-state index contributed by atoms with van der Waals surface area (Å²) in [6, 6.07) is 75.2. The summed E-state index contributed by atoms with van der Waals surface area (Å²) in [7, 11) is 0. The molecule has 0 amide bonds. The van der Waals surface area contributed by atoms with Gasteiger partial charge in [-0.25, -0.2) is 14.6 Å². The maximum Gasteiger partial charge on any atom is 0.160 e. The Bertz CT molecular complexity index is 3730. The number of aryl methyl sites for hydroxylation is 1. The molecule has 4 heterocycles. The van der Waals surface area contributed by atoms with E-state index in [1.807, 2.05) is 24.3 Å². The second-order valence-corrected chi connectivity index (χ2v) is 16.8. The highest BCUT2D eigenvalue weighted by molar-refractivity contribution is 6.12. The fourth-order valence-electron chi connectivity index (χ4n) is 10.1. The zero-order valence-corrected chi connectivity index (χ0v) is 35.4. The minimum absolute atomic E-state index is 0.695. The molecule has 1 aliphatic carbocycles. The van der Waals surface area contributed by atoms with E-state index in [0.29, 0.717) is 5.82 Å². The van der Waals surface area contributed by atoms with Gasteiger partial charge in [0, 0.05) is 49.8 Å². The lowest BCUT2D eigenvalue weighted by Crippen LogP contribution is -2.11. The van der Waals surface area contributed by atoms with E-state index >= 15 is 0 Å². The maximum atomic E-state index is 5.24. The molecule has 65 heavy (non-hydrogen) atoms. The van der Waals surface area contributed by atoms with Gasteiger partial charge in [-0.05, 0) is 78.1 Å². The summed E-state index contributed by atoms with van der Waals surface area (Å²) < 4.78 is 7.04. The first-order chi connectivity index (χ1) is 32.2. The van der Waals surface area contributed by atoms with Gasteiger partial charge in [0.25, 0.3) is 0 Å². The van der Waals surface area contributed by atoms with Crippen LogP contribution in [0.15, 0.2) is 219 Å². The Labute approximate surface area is 376 Å². The number of hydrogen-bond donors (Lipinski definition) is 0. The first-order valence-corrected chi connectivity index (χ1v) is 22.2.